The topological polar surface area (TPSA) is 41.6 Å². The predicted molar refractivity (Wildman–Crippen MR) is 96.1 cm³/mol. The second kappa shape index (κ2) is 7.39. The van der Waals surface area contributed by atoms with E-state index in [2.05, 4.69) is 24.2 Å². The number of nitrogens with one attached hydrogen (secondary N) is 1. The summed E-state index contributed by atoms with van der Waals surface area (Å²) in [6.45, 7) is 2.10. The summed E-state index contributed by atoms with van der Waals surface area (Å²) in [7, 11) is 3.88. The fourth-order valence-electron chi connectivity index (χ4n) is 4.04. The molecule has 24 heavy (non-hydrogen) atoms. The van der Waals surface area contributed by atoms with Gasteiger partial charge in [0.2, 0.25) is 5.91 Å². The highest BCUT2D eigenvalue weighted by Crippen LogP contribution is 2.36. The first kappa shape index (κ1) is 17.0. The van der Waals surface area contributed by atoms with E-state index in [1.54, 1.807) is 7.11 Å². The van der Waals surface area contributed by atoms with Gasteiger partial charge in [-0.3, -0.25) is 9.69 Å². The van der Waals surface area contributed by atoms with Gasteiger partial charge in [0.1, 0.15) is 5.75 Å². The lowest BCUT2D eigenvalue weighted by Gasteiger charge is -2.32. The summed E-state index contributed by atoms with van der Waals surface area (Å²) in [4.78, 5) is 15.0. The van der Waals surface area contributed by atoms with Crippen molar-refractivity contribution in [2.75, 3.05) is 14.2 Å². The maximum atomic E-state index is 12.5. The normalized spacial score (nSPS) is 24.5. The van der Waals surface area contributed by atoms with Gasteiger partial charge in [0.25, 0.3) is 0 Å². The molecule has 0 spiro atoms. The molecular formula is C20H28N2O2. The Bertz CT molecular complexity index is 593. The molecule has 130 valence electrons. The summed E-state index contributed by atoms with van der Waals surface area (Å²) < 4.78 is 5.20. The van der Waals surface area contributed by atoms with Gasteiger partial charge in [0.15, 0.2) is 0 Å². The van der Waals surface area contributed by atoms with Crippen molar-refractivity contribution in [2.24, 2.45) is 0 Å². The molecule has 2 fully saturated rings. The highest BCUT2D eigenvalue weighted by Gasteiger charge is 2.35. The molecule has 0 radical (unpaired) electrons. The standard InChI is InChI=1S/C20H28N2O2/c1-4-19(15-5-9-18(24-3)10-6-15)21-20(23)13-14-11-16-7-8-17(12-14)22(16)2/h5-6,9-10,13,16-17,19H,4,7-8,11-12H2,1-3H3,(H,21,23). The second-order valence-electron chi connectivity index (χ2n) is 7.00. The van der Waals surface area contributed by atoms with Crippen LogP contribution in [0, 0.1) is 0 Å². The Hall–Kier alpha value is -1.81. The van der Waals surface area contributed by atoms with Gasteiger partial charge in [-0.1, -0.05) is 24.6 Å². The number of amides is 1. The molecule has 2 aliphatic rings. The number of ether oxygens (including phenoxy) is 1. The van der Waals surface area contributed by atoms with Crippen molar-refractivity contribution in [3.8, 4) is 5.75 Å². The first-order valence-electron chi connectivity index (χ1n) is 8.96. The Balaban J connectivity index is 1.63. The van der Waals surface area contributed by atoms with Crippen LogP contribution in [0.5, 0.6) is 5.75 Å². The molecule has 2 saturated heterocycles. The number of piperidine rings is 1. The molecule has 4 nitrogen and oxygen atoms in total. The van der Waals surface area contributed by atoms with Crippen LogP contribution in [0.4, 0.5) is 0 Å². The molecule has 2 heterocycles. The van der Waals surface area contributed by atoms with Crippen LogP contribution in [0.2, 0.25) is 0 Å². The highest BCUT2D eigenvalue weighted by atomic mass is 16.5. The largest absolute Gasteiger partial charge is 0.497 e. The van der Waals surface area contributed by atoms with Gasteiger partial charge in [-0.25, -0.2) is 0 Å². The van der Waals surface area contributed by atoms with Crippen molar-refractivity contribution in [2.45, 2.75) is 57.2 Å². The summed E-state index contributed by atoms with van der Waals surface area (Å²) in [5.74, 6) is 0.875. The molecule has 1 N–H and O–H groups in total. The maximum absolute atomic E-state index is 12.5. The number of benzene rings is 1. The fourth-order valence-corrected chi connectivity index (χ4v) is 4.04. The van der Waals surface area contributed by atoms with Crippen LogP contribution in [-0.2, 0) is 4.79 Å². The zero-order valence-electron chi connectivity index (χ0n) is 14.9. The molecule has 0 aromatic heterocycles. The average Bonchev–Trinajstić information content (AvgIpc) is 2.81. The van der Waals surface area contributed by atoms with E-state index in [4.69, 9.17) is 4.74 Å². The van der Waals surface area contributed by atoms with E-state index in [0.717, 1.165) is 30.6 Å². The van der Waals surface area contributed by atoms with E-state index in [1.165, 1.54) is 18.4 Å². The minimum Gasteiger partial charge on any atom is -0.497 e. The molecule has 1 amide bonds. The molecular weight excluding hydrogens is 300 g/mol. The third-order valence-electron chi connectivity index (χ3n) is 5.56. The summed E-state index contributed by atoms with van der Waals surface area (Å²) in [6, 6.07) is 9.24. The van der Waals surface area contributed by atoms with Crippen molar-refractivity contribution in [1.82, 2.24) is 10.2 Å². The number of hydrogen-bond acceptors (Lipinski definition) is 3. The number of rotatable bonds is 5. The Kier molecular flexibility index (Phi) is 5.24. The van der Waals surface area contributed by atoms with E-state index >= 15 is 0 Å². The highest BCUT2D eigenvalue weighted by molar-refractivity contribution is 5.88. The van der Waals surface area contributed by atoms with Crippen molar-refractivity contribution < 1.29 is 9.53 Å². The van der Waals surface area contributed by atoms with E-state index in [-0.39, 0.29) is 11.9 Å². The number of carbonyl (C=O) groups is 1. The lowest BCUT2D eigenvalue weighted by atomic mass is 9.96. The van der Waals surface area contributed by atoms with Crippen molar-refractivity contribution >= 4 is 5.91 Å². The van der Waals surface area contributed by atoms with E-state index in [0.29, 0.717) is 12.1 Å². The first-order valence-corrected chi connectivity index (χ1v) is 8.96. The van der Waals surface area contributed by atoms with Gasteiger partial charge < -0.3 is 10.1 Å². The number of hydrogen-bond donors (Lipinski definition) is 1. The molecule has 2 bridgehead atoms. The summed E-state index contributed by atoms with van der Waals surface area (Å²) in [5, 5.41) is 3.16. The Morgan fingerprint density at radius 1 is 1.29 bits per heavy atom. The van der Waals surface area contributed by atoms with Crippen molar-refractivity contribution in [1.29, 1.82) is 0 Å². The van der Waals surface area contributed by atoms with Gasteiger partial charge >= 0.3 is 0 Å². The van der Waals surface area contributed by atoms with Crippen LogP contribution < -0.4 is 10.1 Å². The predicted octanol–water partition coefficient (Wildman–Crippen LogP) is 3.45. The van der Waals surface area contributed by atoms with Crippen molar-refractivity contribution in [3.63, 3.8) is 0 Å². The third kappa shape index (κ3) is 3.64. The fraction of sp³-hybridized carbons (Fsp3) is 0.550. The number of carbonyl (C=O) groups excluding carboxylic acids is 1. The number of fused-ring (bicyclic) bond motifs is 2. The summed E-state index contributed by atoms with van der Waals surface area (Å²) in [5.41, 5.74) is 2.43. The molecule has 3 rings (SSSR count). The molecule has 3 unspecified atom stereocenters. The van der Waals surface area contributed by atoms with Crippen LogP contribution in [-0.4, -0.2) is 37.0 Å². The van der Waals surface area contributed by atoms with Gasteiger partial charge in [-0.2, -0.15) is 0 Å². The molecule has 0 saturated carbocycles. The number of nitrogens with zero attached hydrogens (tertiary/aromatic N) is 1. The molecule has 2 aliphatic heterocycles. The molecule has 1 aromatic carbocycles. The minimum atomic E-state index is 0.0385. The van der Waals surface area contributed by atoms with Crippen LogP contribution in [0.3, 0.4) is 0 Å². The van der Waals surface area contributed by atoms with Crippen molar-refractivity contribution in [3.05, 3.63) is 41.5 Å². The Morgan fingerprint density at radius 2 is 1.92 bits per heavy atom. The second-order valence-corrected chi connectivity index (χ2v) is 7.00. The van der Waals surface area contributed by atoms with Gasteiger partial charge in [-0.05, 0) is 56.8 Å². The van der Waals surface area contributed by atoms with E-state index in [1.807, 2.05) is 30.3 Å². The van der Waals surface area contributed by atoms with Crippen LogP contribution in [0.15, 0.2) is 35.9 Å². The molecule has 3 atom stereocenters. The molecule has 4 heteroatoms. The minimum absolute atomic E-state index is 0.0385. The van der Waals surface area contributed by atoms with Crippen LogP contribution in [0.25, 0.3) is 0 Å². The lowest BCUT2D eigenvalue weighted by molar-refractivity contribution is -0.117. The average molecular weight is 328 g/mol. The van der Waals surface area contributed by atoms with Gasteiger partial charge in [0, 0.05) is 18.2 Å². The van der Waals surface area contributed by atoms with E-state index in [9.17, 15) is 4.79 Å². The van der Waals surface area contributed by atoms with Gasteiger partial charge in [-0.15, -0.1) is 0 Å². The molecule has 1 aromatic rings. The Labute approximate surface area is 144 Å². The van der Waals surface area contributed by atoms with E-state index < -0.39 is 0 Å². The third-order valence-corrected chi connectivity index (χ3v) is 5.56. The van der Waals surface area contributed by atoms with Crippen LogP contribution in [0.1, 0.15) is 50.6 Å². The van der Waals surface area contributed by atoms with Gasteiger partial charge in [0.05, 0.1) is 13.2 Å². The monoisotopic (exact) mass is 328 g/mol. The zero-order chi connectivity index (χ0) is 17.1. The smallest absolute Gasteiger partial charge is 0.244 e. The zero-order valence-corrected chi connectivity index (χ0v) is 14.9. The quantitative estimate of drug-likeness (QED) is 0.842. The number of methoxy groups -OCH3 is 1. The Morgan fingerprint density at radius 3 is 2.46 bits per heavy atom. The summed E-state index contributed by atoms with van der Waals surface area (Å²) in [6.07, 6.45) is 7.34. The van der Waals surface area contributed by atoms with Crippen LogP contribution >= 0.6 is 0 Å². The maximum Gasteiger partial charge on any atom is 0.244 e. The lowest BCUT2D eigenvalue weighted by Crippen LogP contribution is -2.37. The first-order chi connectivity index (χ1) is 11.6. The summed E-state index contributed by atoms with van der Waals surface area (Å²) >= 11 is 0. The molecule has 0 aliphatic carbocycles. The SMILES string of the molecule is CCC(NC(=O)C=C1CC2CCC(C1)N2C)c1ccc(OC)cc1.